The van der Waals surface area contributed by atoms with Crippen molar-refractivity contribution in [2.75, 3.05) is 23.1 Å². The predicted octanol–water partition coefficient (Wildman–Crippen LogP) is 5.21. The van der Waals surface area contributed by atoms with E-state index in [0.717, 1.165) is 11.1 Å². The summed E-state index contributed by atoms with van der Waals surface area (Å²) < 4.78 is 19.1. The Labute approximate surface area is 217 Å². The Morgan fingerprint density at radius 2 is 1.58 bits per heavy atom. The van der Waals surface area contributed by atoms with Crippen LogP contribution in [0, 0.1) is 39.9 Å². The van der Waals surface area contributed by atoms with E-state index in [4.69, 9.17) is 4.74 Å². The van der Waals surface area contributed by atoms with E-state index < -0.39 is 33.4 Å². The van der Waals surface area contributed by atoms with Crippen molar-refractivity contribution in [1.29, 1.82) is 0 Å². The molecule has 0 spiro atoms. The van der Waals surface area contributed by atoms with Gasteiger partial charge in [0.1, 0.15) is 11.5 Å². The van der Waals surface area contributed by atoms with Crippen LogP contribution in [0.25, 0.3) is 5.70 Å². The van der Waals surface area contributed by atoms with Crippen molar-refractivity contribution in [2.24, 2.45) is 0 Å². The van der Waals surface area contributed by atoms with Gasteiger partial charge in [-0.1, -0.05) is 6.07 Å². The van der Waals surface area contributed by atoms with E-state index in [-0.39, 0.29) is 30.2 Å². The molecule has 3 aromatic rings. The molecule has 3 aromatic carbocycles. The number of non-ortho nitro benzene ring substituents is 1. The molecule has 1 aliphatic heterocycles. The zero-order valence-corrected chi connectivity index (χ0v) is 21.0. The van der Waals surface area contributed by atoms with Crippen molar-refractivity contribution in [3.63, 3.8) is 0 Å². The molecule has 0 radical (unpaired) electrons. The SMILES string of the molecule is CCOC(=O)C1C([N+](=O)[O-])=C(c2ccc([N+](=O)[O-])cc2)N(c2ccc(F)cc2)CN1c1ccc(C)c(C)c1. The largest absolute Gasteiger partial charge is 0.464 e. The van der Waals surface area contributed by atoms with E-state index >= 15 is 0 Å². The molecule has 0 aromatic heterocycles. The average Bonchev–Trinajstić information content (AvgIpc) is 2.89. The minimum absolute atomic E-state index is 0.00956. The summed E-state index contributed by atoms with van der Waals surface area (Å²) in [7, 11) is 0. The second kappa shape index (κ2) is 10.7. The van der Waals surface area contributed by atoms with Crippen LogP contribution in [0.4, 0.5) is 21.5 Å². The lowest BCUT2D eigenvalue weighted by Crippen LogP contribution is -2.55. The lowest BCUT2D eigenvalue weighted by Gasteiger charge is -2.42. The molecule has 38 heavy (non-hydrogen) atoms. The number of halogens is 1. The fourth-order valence-corrected chi connectivity index (χ4v) is 4.38. The van der Waals surface area contributed by atoms with Gasteiger partial charge in [-0.2, -0.15) is 0 Å². The van der Waals surface area contributed by atoms with Gasteiger partial charge in [-0.3, -0.25) is 20.2 Å². The van der Waals surface area contributed by atoms with E-state index in [9.17, 15) is 29.4 Å². The van der Waals surface area contributed by atoms with Gasteiger partial charge >= 0.3 is 11.7 Å². The molecular weight excluding hydrogens is 495 g/mol. The molecule has 1 aliphatic rings. The highest BCUT2D eigenvalue weighted by molar-refractivity contribution is 5.93. The van der Waals surface area contributed by atoms with Crippen LogP contribution in [0.3, 0.4) is 0 Å². The van der Waals surface area contributed by atoms with Crippen molar-refractivity contribution < 1.29 is 23.8 Å². The van der Waals surface area contributed by atoms with Gasteiger partial charge in [0, 0.05) is 29.1 Å². The third-order valence-electron chi connectivity index (χ3n) is 6.40. The highest BCUT2D eigenvalue weighted by Gasteiger charge is 2.47. The van der Waals surface area contributed by atoms with Gasteiger partial charge in [0.15, 0.2) is 0 Å². The van der Waals surface area contributed by atoms with Crippen LogP contribution in [0.1, 0.15) is 23.6 Å². The standard InChI is InChI=1S/C27H25FN4O6/c1-4-38-27(33)26-25(32(36)37)24(19-6-11-22(12-7-19)31(34)35)29(21-13-8-20(28)9-14-21)16-30(26)23-10-5-17(2)18(3)15-23/h5-15,26H,4,16H2,1-3H3. The normalized spacial score (nSPS) is 15.4. The Balaban J connectivity index is 2.02. The van der Waals surface area contributed by atoms with Crippen molar-refractivity contribution >= 4 is 28.7 Å². The number of nitro groups is 2. The molecule has 0 aliphatic carbocycles. The highest BCUT2D eigenvalue weighted by atomic mass is 19.1. The topological polar surface area (TPSA) is 119 Å². The molecule has 196 valence electrons. The Kier molecular flexibility index (Phi) is 7.38. The molecule has 0 saturated heterocycles. The molecule has 0 saturated carbocycles. The van der Waals surface area contributed by atoms with Crippen molar-refractivity contribution in [1.82, 2.24) is 0 Å². The van der Waals surface area contributed by atoms with E-state index in [1.54, 1.807) is 22.8 Å². The fraction of sp³-hybridized carbons (Fsp3) is 0.222. The number of hydrogen-bond donors (Lipinski definition) is 0. The molecule has 1 atom stereocenters. The zero-order chi connectivity index (χ0) is 27.6. The molecule has 4 rings (SSSR count). The number of nitrogens with zero attached hydrogens (tertiary/aromatic N) is 4. The first kappa shape index (κ1) is 26.3. The number of nitro benzene ring substituents is 1. The first-order chi connectivity index (χ1) is 18.1. The Hall–Kier alpha value is -4.80. The third kappa shape index (κ3) is 5.03. The van der Waals surface area contributed by atoms with Crippen LogP contribution in [0.2, 0.25) is 0 Å². The molecule has 10 nitrogen and oxygen atoms in total. The maximum absolute atomic E-state index is 13.8. The second-order valence-corrected chi connectivity index (χ2v) is 8.73. The predicted molar refractivity (Wildman–Crippen MR) is 140 cm³/mol. The second-order valence-electron chi connectivity index (χ2n) is 8.73. The van der Waals surface area contributed by atoms with Gasteiger partial charge in [0.2, 0.25) is 6.04 Å². The van der Waals surface area contributed by atoms with Gasteiger partial charge in [-0.05, 0) is 80.4 Å². The van der Waals surface area contributed by atoms with Crippen molar-refractivity contribution in [2.45, 2.75) is 26.8 Å². The van der Waals surface area contributed by atoms with Crippen molar-refractivity contribution in [3.8, 4) is 0 Å². The quantitative estimate of drug-likeness (QED) is 0.237. The van der Waals surface area contributed by atoms with E-state index in [0.29, 0.717) is 11.4 Å². The van der Waals surface area contributed by atoms with Gasteiger partial charge in [-0.25, -0.2) is 9.18 Å². The highest BCUT2D eigenvalue weighted by Crippen LogP contribution is 2.39. The molecule has 1 heterocycles. The Morgan fingerprint density at radius 1 is 0.947 bits per heavy atom. The maximum Gasteiger partial charge on any atom is 0.340 e. The minimum atomic E-state index is -1.42. The zero-order valence-electron chi connectivity index (χ0n) is 21.0. The number of esters is 1. The first-order valence-electron chi connectivity index (χ1n) is 11.8. The fourth-order valence-electron chi connectivity index (χ4n) is 4.38. The van der Waals surface area contributed by atoms with Gasteiger partial charge in [-0.15, -0.1) is 0 Å². The van der Waals surface area contributed by atoms with Crippen LogP contribution in [-0.2, 0) is 9.53 Å². The van der Waals surface area contributed by atoms with Crippen molar-refractivity contribution in [3.05, 3.63) is 115 Å². The average molecular weight is 521 g/mol. The minimum Gasteiger partial charge on any atom is -0.464 e. The monoisotopic (exact) mass is 520 g/mol. The van der Waals surface area contributed by atoms with Gasteiger partial charge in [0.25, 0.3) is 5.69 Å². The number of aryl methyl sites for hydroxylation is 2. The summed E-state index contributed by atoms with van der Waals surface area (Å²) in [5.41, 5.74) is 2.58. The lowest BCUT2D eigenvalue weighted by molar-refractivity contribution is -0.428. The van der Waals surface area contributed by atoms with E-state index in [1.807, 2.05) is 26.0 Å². The smallest absolute Gasteiger partial charge is 0.340 e. The number of anilines is 2. The van der Waals surface area contributed by atoms with Crippen LogP contribution in [0.5, 0.6) is 0 Å². The Bertz CT molecular complexity index is 1420. The number of benzene rings is 3. The van der Waals surface area contributed by atoms with Crippen LogP contribution in [-0.4, -0.2) is 35.1 Å². The molecule has 0 amide bonds. The van der Waals surface area contributed by atoms with Gasteiger partial charge in [0.05, 0.1) is 23.1 Å². The first-order valence-corrected chi connectivity index (χ1v) is 11.8. The summed E-state index contributed by atoms with van der Waals surface area (Å²) >= 11 is 0. The lowest BCUT2D eigenvalue weighted by atomic mass is 9.98. The summed E-state index contributed by atoms with van der Waals surface area (Å²) in [5.74, 6) is -1.30. The summed E-state index contributed by atoms with van der Waals surface area (Å²) in [6, 6.07) is 14.7. The summed E-state index contributed by atoms with van der Waals surface area (Å²) in [4.78, 5) is 39.1. The molecule has 11 heteroatoms. The van der Waals surface area contributed by atoms with Crippen LogP contribution >= 0.6 is 0 Å². The van der Waals surface area contributed by atoms with Crippen LogP contribution < -0.4 is 9.80 Å². The number of carbonyl (C=O) groups is 1. The molecule has 0 fully saturated rings. The van der Waals surface area contributed by atoms with Crippen LogP contribution in [0.15, 0.2) is 72.4 Å². The van der Waals surface area contributed by atoms with Gasteiger partial charge < -0.3 is 14.5 Å². The maximum atomic E-state index is 13.8. The molecule has 0 bridgehead atoms. The number of hydrogen-bond acceptors (Lipinski definition) is 8. The number of rotatable bonds is 7. The number of ether oxygens (including phenoxy) is 1. The molecule has 1 unspecified atom stereocenters. The number of carbonyl (C=O) groups excluding carboxylic acids is 1. The Morgan fingerprint density at radius 3 is 2.13 bits per heavy atom. The molecular formula is C27H25FN4O6. The van der Waals surface area contributed by atoms with E-state index in [2.05, 4.69) is 0 Å². The summed E-state index contributed by atoms with van der Waals surface area (Å²) in [6.07, 6.45) is 0. The van der Waals surface area contributed by atoms with E-state index in [1.165, 1.54) is 48.5 Å². The molecule has 0 N–H and O–H groups in total. The summed E-state index contributed by atoms with van der Waals surface area (Å²) in [6.45, 7) is 5.42. The summed E-state index contributed by atoms with van der Waals surface area (Å²) in [5, 5.41) is 23.9. The third-order valence-corrected chi connectivity index (χ3v) is 6.40.